The number of hydrogen-bond donors (Lipinski definition) is 1. The summed E-state index contributed by atoms with van der Waals surface area (Å²) in [4.78, 5) is 0. The third-order valence-corrected chi connectivity index (χ3v) is 3.04. The predicted molar refractivity (Wildman–Crippen MR) is 75.9 cm³/mol. The highest BCUT2D eigenvalue weighted by Crippen LogP contribution is 2.20. The molecule has 0 atom stereocenters. The minimum absolute atomic E-state index is 0.339. The lowest BCUT2D eigenvalue weighted by Crippen LogP contribution is -2.09. The van der Waals surface area contributed by atoms with Crippen molar-refractivity contribution in [3.63, 3.8) is 0 Å². The van der Waals surface area contributed by atoms with Gasteiger partial charge in [-0.2, -0.15) is 0 Å². The maximum absolute atomic E-state index is 13.2. The fourth-order valence-electron chi connectivity index (χ4n) is 1.45. The molecule has 0 radical (unpaired) electrons. The Hall–Kier alpha value is -1.75. The molecule has 2 N–H and O–H groups in total. The fourth-order valence-corrected chi connectivity index (χ4v) is 1.70. The molecule has 0 fully saturated rings. The molecule has 19 heavy (non-hydrogen) atoms. The van der Waals surface area contributed by atoms with Crippen LogP contribution in [0.5, 0.6) is 11.5 Å². The standard InChI is InChI=1S/C14H13BrFNO2/c15-13-6-5-12(9-14(13)16)19-8-7-18-11-3-1-10(17)2-4-11/h1-6,9H,7-8,17H2. The Kier molecular flexibility index (Phi) is 4.63. The summed E-state index contributed by atoms with van der Waals surface area (Å²) in [6.07, 6.45) is 0. The minimum Gasteiger partial charge on any atom is -0.490 e. The Morgan fingerprint density at radius 1 is 0.947 bits per heavy atom. The van der Waals surface area contributed by atoms with E-state index in [9.17, 15) is 4.39 Å². The van der Waals surface area contributed by atoms with E-state index in [0.717, 1.165) is 5.75 Å². The van der Waals surface area contributed by atoms with Crippen LogP contribution in [0.4, 0.5) is 10.1 Å². The van der Waals surface area contributed by atoms with E-state index in [1.807, 2.05) is 0 Å². The Balaban J connectivity index is 1.77. The van der Waals surface area contributed by atoms with Crippen molar-refractivity contribution in [1.82, 2.24) is 0 Å². The summed E-state index contributed by atoms with van der Waals surface area (Å²) in [5.74, 6) is 0.846. The number of halogens is 2. The average Bonchev–Trinajstić information content (AvgIpc) is 2.41. The van der Waals surface area contributed by atoms with Crippen molar-refractivity contribution in [3.8, 4) is 11.5 Å². The quantitative estimate of drug-likeness (QED) is 0.674. The Morgan fingerprint density at radius 3 is 2.16 bits per heavy atom. The van der Waals surface area contributed by atoms with Crippen LogP contribution >= 0.6 is 15.9 Å². The highest BCUT2D eigenvalue weighted by atomic mass is 79.9. The SMILES string of the molecule is Nc1ccc(OCCOc2ccc(Br)c(F)c2)cc1. The highest BCUT2D eigenvalue weighted by molar-refractivity contribution is 9.10. The smallest absolute Gasteiger partial charge is 0.141 e. The Morgan fingerprint density at radius 2 is 1.53 bits per heavy atom. The topological polar surface area (TPSA) is 44.5 Å². The van der Waals surface area contributed by atoms with E-state index in [-0.39, 0.29) is 5.82 Å². The number of rotatable bonds is 5. The second-order valence-electron chi connectivity index (χ2n) is 3.84. The van der Waals surface area contributed by atoms with Crippen LogP contribution in [0, 0.1) is 5.82 Å². The lowest BCUT2D eigenvalue weighted by molar-refractivity contribution is 0.216. The summed E-state index contributed by atoms with van der Waals surface area (Å²) in [6.45, 7) is 0.715. The zero-order chi connectivity index (χ0) is 13.7. The van der Waals surface area contributed by atoms with Gasteiger partial charge in [0.25, 0.3) is 0 Å². The fraction of sp³-hybridized carbons (Fsp3) is 0.143. The van der Waals surface area contributed by atoms with Gasteiger partial charge >= 0.3 is 0 Å². The van der Waals surface area contributed by atoms with Crippen molar-refractivity contribution in [2.75, 3.05) is 18.9 Å². The van der Waals surface area contributed by atoms with Gasteiger partial charge in [0.2, 0.25) is 0 Å². The van der Waals surface area contributed by atoms with Gasteiger partial charge in [-0.1, -0.05) is 0 Å². The molecule has 100 valence electrons. The molecule has 0 unspecified atom stereocenters. The first-order valence-corrected chi connectivity index (χ1v) is 6.50. The molecule has 0 spiro atoms. The number of benzene rings is 2. The van der Waals surface area contributed by atoms with Crippen LogP contribution in [0.15, 0.2) is 46.9 Å². The van der Waals surface area contributed by atoms with E-state index in [0.29, 0.717) is 29.1 Å². The van der Waals surface area contributed by atoms with E-state index in [1.54, 1.807) is 36.4 Å². The molecule has 0 aliphatic carbocycles. The third kappa shape index (κ3) is 4.13. The number of nitrogens with two attached hydrogens (primary N) is 1. The maximum atomic E-state index is 13.2. The number of anilines is 1. The van der Waals surface area contributed by atoms with Gasteiger partial charge in [0, 0.05) is 11.8 Å². The van der Waals surface area contributed by atoms with E-state index in [1.165, 1.54) is 6.07 Å². The first kappa shape index (κ1) is 13.7. The Bertz CT molecular complexity index is 546. The first-order chi connectivity index (χ1) is 9.15. The van der Waals surface area contributed by atoms with Crippen LogP contribution in [0.2, 0.25) is 0 Å². The van der Waals surface area contributed by atoms with Crippen molar-refractivity contribution in [2.24, 2.45) is 0 Å². The largest absolute Gasteiger partial charge is 0.490 e. The van der Waals surface area contributed by atoms with Gasteiger partial charge in [-0.25, -0.2) is 4.39 Å². The van der Waals surface area contributed by atoms with E-state index >= 15 is 0 Å². The zero-order valence-corrected chi connectivity index (χ0v) is 11.7. The summed E-state index contributed by atoms with van der Waals surface area (Å²) < 4.78 is 24.5. The predicted octanol–water partition coefficient (Wildman–Crippen LogP) is 3.63. The molecule has 0 saturated carbocycles. The molecule has 0 amide bonds. The number of hydrogen-bond acceptors (Lipinski definition) is 3. The number of nitrogen functional groups attached to an aromatic ring is 1. The second kappa shape index (κ2) is 6.43. The lowest BCUT2D eigenvalue weighted by Gasteiger charge is -2.08. The molecule has 2 rings (SSSR count). The molecule has 3 nitrogen and oxygen atoms in total. The van der Waals surface area contributed by atoms with Gasteiger partial charge in [-0.3, -0.25) is 0 Å². The summed E-state index contributed by atoms with van der Waals surface area (Å²) in [6, 6.07) is 11.7. The van der Waals surface area contributed by atoms with Crippen molar-refractivity contribution in [2.45, 2.75) is 0 Å². The monoisotopic (exact) mass is 325 g/mol. The maximum Gasteiger partial charge on any atom is 0.141 e. The van der Waals surface area contributed by atoms with E-state index < -0.39 is 0 Å². The second-order valence-corrected chi connectivity index (χ2v) is 4.70. The van der Waals surface area contributed by atoms with Crippen molar-refractivity contribution in [1.29, 1.82) is 0 Å². The summed E-state index contributed by atoms with van der Waals surface area (Å²) in [5, 5.41) is 0. The van der Waals surface area contributed by atoms with Crippen LogP contribution < -0.4 is 15.2 Å². The highest BCUT2D eigenvalue weighted by Gasteiger charge is 2.01. The van der Waals surface area contributed by atoms with Crippen LogP contribution in [-0.2, 0) is 0 Å². The summed E-state index contributed by atoms with van der Waals surface area (Å²) in [5.41, 5.74) is 6.25. The molecule has 0 aromatic heterocycles. The molecule has 0 heterocycles. The molecule has 2 aromatic rings. The molecule has 0 bridgehead atoms. The molecule has 5 heteroatoms. The molecule has 2 aromatic carbocycles. The van der Waals surface area contributed by atoms with Crippen LogP contribution in [0.3, 0.4) is 0 Å². The average molecular weight is 326 g/mol. The van der Waals surface area contributed by atoms with E-state index in [4.69, 9.17) is 15.2 Å². The van der Waals surface area contributed by atoms with Crippen LogP contribution in [-0.4, -0.2) is 13.2 Å². The van der Waals surface area contributed by atoms with Crippen molar-refractivity contribution >= 4 is 21.6 Å². The first-order valence-electron chi connectivity index (χ1n) is 5.71. The zero-order valence-electron chi connectivity index (χ0n) is 10.1. The van der Waals surface area contributed by atoms with Gasteiger partial charge in [-0.05, 0) is 52.3 Å². The molecule has 0 saturated heterocycles. The van der Waals surface area contributed by atoms with Crippen molar-refractivity contribution in [3.05, 3.63) is 52.8 Å². The molecule has 0 aliphatic heterocycles. The Labute approximate surface area is 119 Å². The van der Waals surface area contributed by atoms with E-state index in [2.05, 4.69) is 15.9 Å². The lowest BCUT2D eigenvalue weighted by atomic mass is 10.3. The van der Waals surface area contributed by atoms with Gasteiger partial charge < -0.3 is 15.2 Å². The molecular formula is C14H13BrFNO2. The van der Waals surface area contributed by atoms with Crippen molar-refractivity contribution < 1.29 is 13.9 Å². The summed E-state index contributed by atoms with van der Waals surface area (Å²) in [7, 11) is 0. The van der Waals surface area contributed by atoms with Gasteiger partial charge in [0.15, 0.2) is 0 Å². The third-order valence-electron chi connectivity index (χ3n) is 2.39. The van der Waals surface area contributed by atoms with Gasteiger partial charge in [0.1, 0.15) is 30.5 Å². The minimum atomic E-state index is -0.350. The van der Waals surface area contributed by atoms with Crippen LogP contribution in [0.1, 0.15) is 0 Å². The molecule has 0 aliphatic rings. The van der Waals surface area contributed by atoms with Gasteiger partial charge in [0.05, 0.1) is 4.47 Å². The normalized spacial score (nSPS) is 10.2. The van der Waals surface area contributed by atoms with Gasteiger partial charge in [-0.15, -0.1) is 0 Å². The van der Waals surface area contributed by atoms with Crippen LogP contribution in [0.25, 0.3) is 0 Å². The summed E-state index contributed by atoms with van der Waals surface area (Å²) >= 11 is 3.08. The number of ether oxygens (including phenoxy) is 2. The molecular weight excluding hydrogens is 313 g/mol.